The van der Waals surface area contributed by atoms with E-state index in [4.69, 9.17) is 0 Å². The Labute approximate surface area is 145 Å². The van der Waals surface area contributed by atoms with Gasteiger partial charge >= 0.3 is 43.0 Å². The molecule has 0 bridgehead atoms. The molecular weight excluding hydrogens is 443 g/mol. The van der Waals surface area contributed by atoms with Crippen LogP contribution in [0.2, 0.25) is 0 Å². The fraction of sp³-hybridized carbons (Fsp3) is 0.500. The zero-order valence-electron chi connectivity index (χ0n) is 13.4. The van der Waals surface area contributed by atoms with Gasteiger partial charge in [0.05, 0.1) is 0 Å². The molecule has 0 unspecified atom stereocenters. The van der Waals surface area contributed by atoms with Gasteiger partial charge in [0.15, 0.2) is 0 Å². The molecule has 0 amide bonds. The molecule has 1 aliphatic carbocycles. The third-order valence-corrected chi connectivity index (χ3v) is 3.72. The van der Waals surface area contributed by atoms with Crippen molar-refractivity contribution >= 4 is 24.4 Å². The van der Waals surface area contributed by atoms with E-state index < -0.39 is 0 Å². The molecule has 0 aliphatic heterocycles. The van der Waals surface area contributed by atoms with Crippen molar-refractivity contribution in [2.45, 2.75) is 55.4 Å². The first-order valence-electron chi connectivity index (χ1n) is 6.36. The van der Waals surface area contributed by atoms with Crippen LogP contribution in [0.5, 0.6) is 0 Å². The van der Waals surface area contributed by atoms with Gasteiger partial charge in [0.1, 0.15) is 0 Å². The van der Waals surface area contributed by atoms with Crippen LogP contribution < -0.4 is 0 Å². The molecule has 0 aromatic heterocycles. The first-order valence-corrected chi connectivity index (χ1v) is 17.6. The minimum atomic E-state index is -0.145. The summed E-state index contributed by atoms with van der Waals surface area (Å²) in [4.78, 5) is 0. The molecule has 1 fully saturated rings. The van der Waals surface area contributed by atoms with Gasteiger partial charge in [-0.05, 0) is 48.3 Å². The van der Waals surface area contributed by atoms with E-state index in [1.807, 2.05) is 13.8 Å². The zero-order chi connectivity index (χ0) is 15.6. The maximum absolute atomic E-state index is 3.23. The zero-order valence-corrected chi connectivity index (χ0v) is 19.0. The number of hydrogen-bond acceptors (Lipinski definition) is 0. The second-order valence-corrected chi connectivity index (χ2v) is 15.9. The van der Waals surface area contributed by atoms with Crippen LogP contribution in [0.1, 0.15) is 55.4 Å². The summed E-state index contributed by atoms with van der Waals surface area (Å²) in [7, 11) is 0. The number of rotatable bonds is 2. The van der Waals surface area contributed by atoms with Gasteiger partial charge in [-0.2, -0.15) is 0 Å². The molecular formula is C16H26Br2Zr+2. The molecule has 1 aliphatic rings. The SMILES string of the molecule is C[CH][C](C)[CH]C.C[C]1[C](C)[C](C)[C](C)[C]1C.[Br][Zr+2][Br]. The average molecular weight is 469 g/mol. The summed E-state index contributed by atoms with van der Waals surface area (Å²) >= 11 is 6.32. The van der Waals surface area contributed by atoms with Crippen LogP contribution >= 0.6 is 24.4 Å². The predicted molar refractivity (Wildman–Crippen MR) is 91.3 cm³/mol. The van der Waals surface area contributed by atoms with Crippen molar-refractivity contribution in [1.82, 2.24) is 0 Å². The fourth-order valence-corrected chi connectivity index (χ4v) is 1.57. The molecule has 0 aromatic carbocycles. The summed E-state index contributed by atoms with van der Waals surface area (Å²) in [6.45, 7) is 17.2. The standard InChI is InChI=1S/C10H15.C6H11.2BrH.Zr/c1-6-7(2)9(4)10(5)8(6)3;1-4-6(3)5-2;;;/h1-5H3;4-5H,1-3H3;2*1H;/q;;;;+4/p-2. The Bertz CT molecular complexity index is 150. The third kappa shape index (κ3) is 9.46. The molecule has 0 nitrogen and oxygen atoms in total. The Balaban J connectivity index is 0. The summed E-state index contributed by atoms with van der Waals surface area (Å²) in [5.41, 5.74) is 0. The van der Waals surface area contributed by atoms with Gasteiger partial charge in [-0.15, -0.1) is 0 Å². The molecule has 0 atom stereocenters. The van der Waals surface area contributed by atoms with E-state index in [2.05, 4.69) is 78.8 Å². The second-order valence-electron chi connectivity index (χ2n) is 4.52. The summed E-state index contributed by atoms with van der Waals surface area (Å²) < 4.78 is 0. The Morgan fingerprint density at radius 2 is 0.895 bits per heavy atom. The molecule has 0 heterocycles. The number of halogens is 2. The van der Waals surface area contributed by atoms with Crippen molar-refractivity contribution in [3.8, 4) is 0 Å². The van der Waals surface area contributed by atoms with E-state index in [0.717, 1.165) is 0 Å². The first-order chi connectivity index (χ1) is 8.78. The average Bonchev–Trinajstić information content (AvgIpc) is 2.57. The van der Waals surface area contributed by atoms with Crippen molar-refractivity contribution in [1.29, 1.82) is 0 Å². The third-order valence-electron chi connectivity index (χ3n) is 3.72. The molecule has 0 aromatic rings. The van der Waals surface area contributed by atoms with E-state index in [1.54, 1.807) is 0 Å². The molecule has 8 radical (unpaired) electrons. The van der Waals surface area contributed by atoms with Crippen molar-refractivity contribution in [2.24, 2.45) is 0 Å². The fourth-order valence-electron chi connectivity index (χ4n) is 1.57. The monoisotopic (exact) mass is 466 g/mol. The van der Waals surface area contributed by atoms with Gasteiger partial charge < -0.3 is 0 Å². The van der Waals surface area contributed by atoms with Crippen LogP contribution in [0.25, 0.3) is 0 Å². The maximum atomic E-state index is 3.23. The molecule has 106 valence electrons. The molecule has 19 heavy (non-hydrogen) atoms. The van der Waals surface area contributed by atoms with E-state index in [-0.39, 0.29) is 18.5 Å². The Morgan fingerprint density at radius 3 is 0.947 bits per heavy atom. The topological polar surface area (TPSA) is 0 Å². The van der Waals surface area contributed by atoms with Crippen LogP contribution in [0.4, 0.5) is 0 Å². The van der Waals surface area contributed by atoms with E-state index >= 15 is 0 Å². The van der Waals surface area contributed by atoms with Gasteiger partial charge in [0.2, 0.25) is 0 Å². The van der Waals surface area contributed by atoms with E-state index in [0.29, 0.717) is 0 Å². The molecule has 1 rings (SSSR count). The number of hydrogen-bond donors (Lipinski definition) is 0. The molecule has 0 N–H and O–H groups in total. The molecule has 3 heteroatoms. The predicted octanol–water partition coefficient (Wildman–Crippen LogP) is 6.69. The Morgan fingerprint density at radius 1 is 0.737 bits per heavy atom. The summed E-state index contributed by atoms with van der Waals surface area (Å²) in [5.74, 6) is 8.68. The molecule has 1 saturated carbocycles. The van der Waals surface area contributed by atoms with Crippen LogP contribution in [-0.2, 0) is 18.5 Å². The van der Waals surface area contributed by atoms with Gasteiger partial charge in [0, 0.05) is 0 Å². The van der Waals surface area contributed by atoms with E-state index in [1.165, 1.54) is 35.5 Å². The van der Waals surface area contributed by atoms with Gasteiger partial charge in [0.25, 0.3) is 0 Å². The van der Waals surface area contributed by atoms with Gasteiger partial charge in [-0.25, -0.2) is 0 Å². The summed E-state index contributed by atoms with van der Waals surface area (Å²) in [5, 5.41) is 0. The van der Waals surface area contributed by atoms with Crippen LogP contribution in [0, 0.1) is 48.3 Å². The first kappa shape index (κ1) is 23.1. The van der Waals surface area contributed by atoms with Gasteiger partial charge in [-0.3, -0.25) is 0 Å². The van der Waals surface area contributed by atoms with Crippen LogP contribution in [0.15, 0.2) is 0 Å². The quantitative estimate of drug-likeness (QED) is 0.423. The van der Waals surface area contributed by atoms with Crippen molar-refractivity contribution in [3.05, 3.63) is 48.3 Å². The second kappa shape index (κ2) is 13.5. The minimum absolute atomic E-state index is 0.145. The van der Waals surface area contributed by atoms with Crippen LogP contribution in [-0.4, -0.2) is 0 Å². The van der Waals surface area contributed by atoms with Gasteiger partial charge in [-0.1, -0.05) is 55.4 Å². The van der Waals surface area contributed by atoms with Crippen LogP contribution in [0.3, 0.4) is 0 Å². The Kier molecular flexibility index (Phi) is 16.4. The van der Waals surface area contributed by atoms with E-state index in [9.17, 15) is 0 Å². The van der Waals surface area contributed by atoms with Crippen molar-refractivity contribution in [2.75, 3.05) is 0 Å². The normalized spacial score (nSPS) is 18.7. The molecule has 0 spiro atoms. The molecule has 0 saturated heterocycles. The van der Waals surface area contributed by atoms with Crippen molar-refractivity contribution in [3.63, 3.8) is 0 Å². The Hall–Kier alpha value is 1.84. The van der Waals surface area contributed by atoms with Crippen molar-refractivity contribution < 1.29 is 18.5 Å². The summed E-state index contributed by atoms with van der Waals surface area (Å²) in [6, 6.07) is 0. The summed E-state index contributed by atoms with van der Waals surface area (Å²) in [6.07, 6.45) is 4.17.